The summed E-state index contributed by atoms with van der Waals surface area (Å²) in [6.45, 7) is 0. The third-order valence-corrected chi connectivity index (χ3v) is 8.58. The smallest absolute Gasteiger partial charge is 0.120 e. The minimum Gasteiger partial charge on any atom is -0.256 e. The number of thiophene rings is 1. The van der Waals surface area contributed by atoms with Crippen LogP contribution in [0.15, 0.2) is 145 Å². The number of nitrogens with zero attached hydrogens (tertiary/aromatic N) is 4. The highest BCUT2D eigenvalue weighted by Crippen LogP contribution is 2.35. The third kappa shape index (κ3) is 4.56. The molecule has 0 spiro atoms. The van der Waals surface area contributed by atoms with Crippen LogP contribution in [0.3, 0.4) is 0 Å². The maximum Gasteiger partial charge on any atom is 0.120 e. The van der Waals surface area contributed by atoms with E-state index in [4.69, 9.17) is 0 Å². The molecule has 0 saturated heterocycles. The Kier molecular flexibility index (Phi) is 5.94. The third-order valence-electron chi connectivity index (χ3n) is 7.66. The molecule has 4 nitrogen and oxygen atoms in total. The van der Waals surface area contributed by atoms with Crippen molar-refractivity contribution >= 4 is 32.9 Å². The quantitative estimate of drug-likeness (QED) is 0.212. The van der Waals surface area contributed by atoms with Gasteiger partial charge in [0.25, 0.3) is 0 Å². The first-order valence-electron chi connectivity index (χ1n) is 13.8. The van der Waals surface area contributed by atoms with E-state index in [0.717, 1.165) is 38.6 Å². The van der Waals surface area contributed by atoms with E-state index >= 15 is 0 Å². The second kappa shape index (κ2) is 10.2. The molecule has 0 N–H and O–H groups in total. The highest BCUT2D eigenvalue weighted by molar-refractivity contribution is 7.13. The van der Waals surface area contributed by atoms with Crippen molar-refractivity contribution in [2.75, 3.05) is 0 Å². The van der Waals surface area contributed by atoms with E-state index in [0.29, 0.717) is 0 Å². The summed E-state index contributed by atoms with van der Waals surface area (Å²) in [6.07, 6.45) is 3.83. The number of hydrogen-bond donors (Lipinski definition) is 0. The van der Waals surface area contributed by atoms with Gasteiger partial charge in [0.1, 0.15) is 10.7 Å². The molecule has 0 amide bonds. The molecule has 8 rings (SSSR count). The van der Waals surface area contributed by atoms with E-state index in [1.165, 1.54) is 32.7 Å². The van der Waals surface area contributed by atoms with E-state index in [-0.39, 0.29) is 0 Å². The van der Waals surface area contributed by atoms with E-state index in [9.17, 15) is 0 Å². The number of pyridine rings is 1. The first kappa shape index (κ1) is 24.4. The topological polar surface area (TPSA) is 43.6 Å². The van der Waals surface area contributed by atoms with Gasteiger partial charge in [0.2, 0.25) is 0 Å². The van der Waals surface area contributed by atoms with Crippen molar-refractivity contribution in [2.45, 2.75) is 0 Å². The van der Waals surface area contributed by atoms with E-state index in [1.807, 2.05) is 35.3 Å². The predicted molar refractivity (Wildman–Crippen MR) is 174 cm³/mol. The summed E-state index contributed by atoms with van der Waals surface area (Å²) in [6, 6.07) is 45.1. The van der Waals surface area contributed by atoms with E-state index in [2.05, 4.69) is 130 Å². The van der Waals surface area contributed by atoms with Gasteiger partial charge in [-0.05, 0) is 92.3 Å². The summed E-state index contributed by atoms with van der Waals surface area (Å²) in [5.41, 5.74) is 8.50. The lowest BCUT2D eigenvalue weighted by Crippen LogP contribution is -1.90. The number of aromatic nitrogens is 4. The van der Waals surface area contributed by atoms with Crippen molar-refractivity contribution in [2.24, 2.45) is 0 Å². The molecule has 0 aliphatic rings. The largest absolute Gasteiger partial charge is 0.256 e. The van der Waals surface area contributed by atoms with Crippen molar-refractivity contribution in [3.63, 3.8) is 0 Å². The standard InChI is InChI=1S/C37H24N4S/c1-3-9-27-17-29(14-12-25(27)7-1)31-19-32(30-15-13-26-8-2-4-10-28(26)18-30)21-33(20-31)36-23-41(40-39-36)37-22-34(24-42-37)35-11-5-6-16-38-35/h1-24H. The molecule has 0 bridgehead atoms. The Morgan fingerprint density at radius 1 is 0.476 bits per heavy atom. The highest BCUT2D eigenvalue weighted by atomic mass is 32.1. The van der Waals surface area contributed by atoms with Gasteiger partial charge in [-0.1, -0.05) is 84.1 Å². The lowest BCUT2D eigenvalue weighted by Gasteiger charge is -2.11. The van der Waals surface area contributed by atoms with E-state index in [1.54, 1.807) is 11.3 Å². The average molecular weight is 557 g/mol. The van der Waals surface area contributed by atoms with Crippen LogP contribution in [0.5, 0.6) is 0 Å². The first-order valence-corrected chi connectivity index (χ1v) is 14.7. The normalized spacial score (nSPS) is 11.3. The number of rotatable bonds is 5. The van der Waals surface area contributed by atoms with Crippen molar-refractivity contribution in [1.29, 1.82) is 0 Å². The molecule has 198 valence electrons. The molecule has 5 aromatic carbocycles. The summed E-state index contributed by atoms with van der Waals surface area (Å²) < 4.78 is 1.85. The molecular weight excluding hydrogens is 533 g/mol. The summed E-state index contributed by atoms with van der Waals surface area (Å²) in [7, 11) is 0. The van der Waals surface area contributed by atoms with Crippen LogP contribution in [-0.2, 0) is 0 Å². The van der Waals surface area contributed by atoms with Crippen molar-refractivity contribution in [3.8, 4) is 49.8 Å². The number of fused-ring (bicyclic) bond motifs is 2. The van der Waals surface area contributed by atoms with Crippen LogP contribution < -0.4 is 0 Å². The summed E-state index contributed by atoms with van der Waals surface area (Å²) >= 11 is 1.63. The maximum atomic E-state index is 4.62. The molecule has 3 aromatic heterocycles. The Bertz CT molecular complexity index is 2110. The van der Waals surface area contributed by atoms with Crippen LogP contribution in [0.1, 0.15) is 0 Å². The predicted octanol–water partition coefficient (Wildman–Crippen LogP) is 9.70. The lowest BCUT2D eigenvalue weighted by molar-refractivity contribution is 0.815. The SMILES string of the molecule is c1ccc(-c2csc(-n3cc(-c4cc(-c5ccc6ccccc6c5)cc(-c5ccc6ccccc6c5)c4)nn3)c2)nc1. The minimum absolute atomic E-state index is 0.826. The summed E-state index contributed by atoms with van der Waals surface area (Å²) in [5.74, 6) is 0. The molecule has 0 fully saturated rings. The zero-order chi connectivity index (χ0) is 27.9. The van der Waals surface area contributed by atoms with Crippen molar-refractivity contribution in [1.82, 2.24) is 20.0 Å². The number of benzene rings is 5. The Morgan fingerprint density at radius 3 is 1.74 bits per heavy atom. The molecule has 8 aromatic rings. The highest BCUT2D eigenvalue weighted by Gasteiger charge is 2.13. The van der Waals surface area contributed by atoms with Gasteiger partial charge in [-0.15, -0.1) is 16.4 Å². The van der Waals surface area contributed by atoms with Crippen LogP contribution in [-0.4, -0.2) is 20.0 Å². The molecule has 5 heteroatoms. The van der Waals surface area contributed by atoms with Crippen LogP contribution in [0.25, 0.3) is 71.3 Å². The van der Waals surface area contributed by atoms with Crippen LogP contribution in [0.4, 0.5) is 0 Å². The Balaban J connectivity index is 1.24. The van der Waals surface area contributed by atoms with Gasteiger partial charge in [0.15, 0.2) is 0 Å². The fraction of sp³-hybridized carbons (Fsp3) is 0. The van der Waals surface area contributed by atoms with Gasteiger partial charge < -0.3 is 0 Å². The molecule has 3 heterocycles. The van der Waals surface area contributed by atoms with E-state index < -0.39 is 0 Å². The Morgan fingerprint density at radius 2 is 1.10 bits per heavy atom. The molecule has 42 heavy (non-hydrogen) atoms. The summed E-state index contributed by atoms with van der Waals surface area (Å²) in [4.78, 5) is 4.48. The first-order chi connectivity index (χ1) is 20.8. The monoisotopic (exact) mass is 556 g/mol. The number of hydrogen-bond acceptors (Lipinski definition) is 4. The van der Waals surface area contributed by atoms with Crippen molar-refractivity contribution in [3.05, 3.63) is 145 Å². The molecule has 0 radical (unpaired) electrons. The second-order valence-corrected chi connectivity index (χ2v) is 11.2. The minimum atomic E-state index is 0.826. The second-order valence-electron chi connectivity index (χ2n) is 10.4. The molecule has 0 unspecified atom stereocenters. The van der Waals surface area contributed by atoms with Crippen LogP contribution in [0.2, 0.25) is 0 Å². The van der Waals surface area contributed by atoms with Crippen LogP contribution >= 0.6 is 11.3 Å². The Hall–Kier alpha value is -5.39. The maximum absolute atomic E-state index is 4.62. The molecule has 0 atom stereocenters. The van der Waals surface area contributed by atoms with Gasteiger partial charge in [-0.3, -0.25) is 4.98 Å². The van der Waals surface area contributed by atoms with Gasteiger partial charge in [0.05, 0.1) is 11.9 Å². The van der Waals surface area contributed by atoms with Gasteiger partial charge in [0, 0.05) is 22.7 Å². The van der Waals surface area contributed by atoms with Gasteiger partial charge >= 0.3 is 0 Å². The zero-order valence-corrected chi connectivity index (χ0v) is 23.4. The molecule has 0 aliphatic carbocycles. The molecule has 0 saturated carbocycles. The zero-order valence-electron chi connectivity index (χ0n) is 22.6. The average Bonchev–Trinajstić information content (AvgIpc) is 3.75. The van der Waals surface area contributed by atoms with Crippen molar-refractivity contribution < 1.29 is 0 Å². The summed E-state index contributed by atoms with van der Waals surface area (Å²) in [5, 5.41) is 17.1. The fourth-order valence-electron chi connectivity index (χ4n) is 5.46. The Labute approximate surface area is 247 Å². The van der Waals surface area contributed by atoms with Gasteiger partial charge in [-0.2, -0.15) is 0 Å². The fourth-order valence-corrected chi connectivity index (χ4v) is 6.29. The molecular formula is C37H24N4S. The van der Waals surface area contributed by atoms with Gasteiger partial charge in [-0.25, -0.2) is 4.68 Å². The van der Waals surface area contributed by atoms with Crippen LogP contribution in [0, 0.1) is 0 Å². The lowest BCUT2D eigenvalue weighted by atomic mass is 9.93. The molecule has 0 aliphatic heterocycles.